The van der Waals surface area contributed by atoms with Crippen molar-refractivity contribution in [1.82, 2.24) is 56.7 Å². The number of carboxylic acid groups (broad SMARTS) is 1. The van der Waals surface area contributed by atoms with Gasteiger partial charge in [-0.3, -0.25) is 33.6 Å². The van der Waals surface area contributed by atoms with Gasteiger partial charge in [-0.25, -0.2) is 14.8 Å². The van der Waals surface area contributed by atoms with Gasteiger partial charge in [0.05, 0.1) is 18.7 Å². The van der Waals surface area contributed by atoms with Crippen LogP contribution in [0.5, 0.6) is 5.75 Å². The lowest BCUT2D eigenvalue weighted by Gasteiger charge is -2.31. The molecule has 378 valence electrons. The van der Waals surface area contributed by atoms with Crippen molar-refractivity contribution >= 4 is 59.9 Å². The number of aromatic amines is 2. The summed E-state index contributed by atoms with van der Waals surface area (Å²) in [4.78, 5) is 124. The first-order chi connectivity index (χ1) is 32.8. The van der Waals surface area contributed by atoms with E-state index in [1.54, 1.807) is 39.8 Å². The number of benzene rings is 1. The Balaban J connectivity index is 1.52. The Labute approximate surface area is 405 Å². The maximum absolute atomic E-state index is 14.5. The molecule has 2 aromatic heterocycles. The lowest BCUT2D eigenvalue weighted by atomic mass is 9.99. The molecule has 3 aromatic rings. The number of carbonyl (C=O) groups excluding carboxylic acids is 7. The largest absolute Gasteiger partial charge is 0.508 e. The Morgan fingerprint density at radius 3 is 1.83 bits per heavy atom. The average Bonchev–Trinajstić information content (AvgIpc) is 4.13. The molecular formula is C45H67N13O10S. The first kappa shape index (κ1) is 55.1. The highest BCUT2D eigenvalue weighted by Gasteiger charge is 2.40. The number of unbranched alkanes of at least 4 members (excludes halogenated alkanes) is 1. The molecule has 14 N–H and O–H groups in total. The molecule has 4 rings (SSSR count). The number of H-pyrrole nitrogens is 2. The standard InChI is InChI=1S/C45H67N13O10S/c1-24(2)36(57-43(65)37(25(3)4)56-38(60)30(47)17-27-19-48-22-50-27)42(64)55-34(21-69)40(62)53-32(18-28-20-49-23-51-28)39(61)54-33(16-26-10-12-29(59)13-11-26)44(66)58-15-7-9-35(58)41(63)52-31(45(67)68)8-5-6-14-46/h10-13,19-20,22-25,30-37,59,69H,5-9,14-18,21,46-47H2,1-4H3,(H,48,50)(H,49,51)(H,52,63)(H,53,62)(H,54,61)(H,55,64)(H,56,60)(H,57,65)(H,67,68)/t30-,31-,32-,33-,34-,35-,36-,37-/m0/s1. The smallest absolute Gasteiger partial charge is 0.326 e. The zero-order chi connectivity index (χ0) is 50.8. The summed E-state index contributed by atoms with van der Waals surface area (Å²) in [5.74, 6) is -7.40. The SMILES string of the molecule is CC(C)[C@H](NC(=O)[C@@H](NC(=O)[C@@H](N)Cc1cnc[nH]1)C(C)C)C(=O)N[C@@H](CS)C(=O)N[C@@H](Cc1cnc[nH]1)C(=O)N[C@@H](Cc1ccc(O)cc1)C(=O)N1CCC[C@H]1C(=O)N[C@@H](CCCCN)C(=O)O. The van der Waals surface area contributed by atoms with Gasteiger partial charge in [-0.05, 0) is 68.2 Å². The topological polar surface area (TPSA) is 362 Å². The maximum Gasteiger partial charge on any atom is 0.326 e. The van der Waals surface area contributed by atoms with Crippen molar-refractivity contribution in [2.45, 2.75) is 127 Å². The number of nitrogens with one attached hydrogen (secondary N) is 8. The second-order valence-corrected chi connectivity index (χ2v) is 18.1. The van der Waals surface area contributed by atoms with Gasteiger partial charge in [0.25, 0.3) is 0 Å². The lowest BCUT2D eigenvalue weighted by Crippen LogP contribution is -2.62. The summed E-state index contributed by atoms with van der Waals surface area (Å²) in [5.41, 5.74) is 13.3. The molecule has 1 aromatic carbocycles. The summed E-state index contributed by atoms with van der Waals surface area (Å²) in [7, 11) is 0. The molecule has 69 heavy (non-hydrogen) atoms. The highest BCUT2D eigenvalue weighted by atomic mass is 32.1. The number of nitrogens with zero attached hydrogens (tertiary/aromatic N) is 3. The summed E-state index contributed by atoms with van der Waals surface area (Å²) in [6, 6.07) is -3.64. The first-order valence-corrected chi connectivity index (χ1v) is 23.6. The van der Waals surface area contributed by atoms with Crippen LogP contribution in [0, 0.1) is 11.8 Å². The minimum atomic E-state index is -1.38. The fraction of sp³-hybridized carbons (Fsp3) is 0.556. The predicted octanol–water partition coefficient (Wildman–Crippen LogP) is -1.45. The molecule has 0 aliphatic carbocycles. The van der Waals surface area contributed by atoms with Crippen molar-refractivity contribution in [2.75, 3.05) is 18.8 Å². The summed E-state index contributed by atoms with van der Waals surface area (Å²) in [6.07, 6.45) is 7.49. The summed E-state index contributed by atoms with van der Waals surface area (Å²) in [6.45, 7) is 7.27. The van der Waals surface area contributed by atoms with E-state index in [2.05, 4.69) is 64.5 Å². The lowest BCUT2D eigenvalue weighted by molar-refractivity contribution is -0.145. The average molecular weight is 982 g/mol. The van der Waals surface area contributed by atoms with Crippen LogP contribution in [-0.4, -0.2) is 150 Å². The molecule has 24 heteroatoms. The van der Waals surface area contributed by atoms with Crippen LogP contribution in [0.2, 0.25) is 0 Å². The minimum absolute atomic E-state index is 0.0388. The van der Waals surface area contributed by atoms with E-state index in [1.165, 1.54) is 42.1 Å². The molecule has 0 saturated carbocycles. The van der Waals surface area contributed by atoms with Crippen molar-refractivity contribution in [1.29, 1.82) is 0 Å². The van der Waals surface area contributed by atoms with E-state index in [0.29, 0.717) is 42.8 Å². The maximum atomic E-state index is 14.5. The second kappa shape index (κ2) is 26.9. The molecular weight excluding hydrogens is 915 g/mol. The van der Waals surface area contributed by atoms with Gasteiger partial charge in [0.15, 0.2) is 0 Å². The van der Waals surface area contributed by atoms with Gasteiger partial charge >= 0.3 is 5.97 Å². The molecule has 8 atom stereocenters. The number of phenolic OH excluding ortho intramolecular Hbond substituents is 1. The number of aromatic nitrogens is 4. The van der Waals surface area contributed by atoms with E-state index >= 15 is 0 Å². The second-order valence-electron chi connectivity index (χ2n) is 17.7. The van der Waals surface area contributed by atoms with E-state index in [9.17, 15) is 48.6 Å². The highest BCUT2D eigenvalue weighted by molar-refractivity contribution is 7.80. The zero-order valence-corrected chi connectivity index (χ0v) is 40.2. The Bertz CT molecular complexity index is 2180. The Hall–Kier alpha value is -6.53. The third-order valence-electron chi connectivity index (χ3n) is 11.6. The number of amides is 7. The number of carboxylic acids is 1. The van der Waals surface area contributed by atoms with Crippen LogP contribution in [0.3, 0.4) is 0 Å². The minimum Gasteiger partial charge on any atom is -0.508 e. The van der Waals surface area contributed by atoms with E-state index < -0.39 is 107 Å². The number of phenols is 1. The zero-order valence-electron chi connectivity index (χ0n) is 39.3. The Morgan fingerprint density at radius 1 is 0.725 bits per heavy atom. The van der Waals surface area contributed by atoms with Crippen LogP contribution in [-0.2, 0) is 57.6 Å². The van der Waals surface area contributed by atoms with Gasteiger partial charge < -0.3 is 68.4 Å². The third-order valence-corrected chi connectivity index (χ3v) is 12.0. The molecule has 1 saturated heterocycles. The third kappa shape index (κ3) is 16.6. The number of imidazole rings is 2. The molecule has 1 aliphatic heterocycles. The molecule has 3 heterocycles. The number of aromatic hydroxyl groups is 1. The number of nitrogens with two attached hydrogens (primary N) is 2. The van der Waals surface area contributed by atoms with Gasteiger partial charge in [-0.2, -0.15) is 12.6 Å². The van der Waals surface area contributed by atoms with Crippen molar-refractivity contribution < 1.29 is 48.6 Å². The predicted molar refractivity (Wildman–Crippen MR) is 255 cm³/mol. The van der Waals surface area contributed by atoms with Gasteiger partial charge in [-0.1, -0.05) is 39.8 Å². The fourth-order valence-electron chi connectivity index (χ4n) is 7.71. The van der Waals surface area contributed by atoms with Crippen LogP contribution in [0.15, 0.2) is 49.3 Å². The molecule has 0 spiro atoms. The van der Waals surface area contributed by atoms with Crippen LogP contribution in [0.25, 0.3) is 0 Å². The number of hydrogen-bond acceptors (Lipinski definition) is 14. The van der Waals surface area contributed by atoms with Crippen molar-refractivity contribution in [3.8, 4) is 5.75 Å². The molecule has 1 aliphatic rings. The Kier molecular flexibility index (Phi) is 21.4. The number of rotatable bonds is 27. The van der Waals surface area contributed by atoms with Crippen LogP contribution in [0.4, 0.5) is 0 Å². The number of carbonyl (C=O) groups is 8. The summed E-state index contributed by atoms with van der Waals surface area (Å²) < 4.78 is 0. The highest BCUT2D eigenvalue weighted by Crippen LogP contribution is 2.21. The molecule has 23 nitrogen and oxygen atoms in total. The van der Waals surface area contributed by atoms with E-state index in [0.717, 1.165) is 0 Å². The number of hydrogen-bond donors (Lipinski definition) is 13. The fourth-order valence-corrected chi connectivity index (χ4v) is 7.97. The van der Waals surface area contributed by atoms with Crippen molar-refractivity contribution in [3.05, 3.63) is 66.3 Å². The van der Waals surface area contributed by atoms with Crippen LogP contribution < -0.4 is 43.4 Å². The van der Waals surface area contributed by atoms with Crippen molar-refractivity contribution in [2.24, 2.45) is 23.3 Å². The monoisotopic (exact) mass is 981 g/mol. The van der Waals surface area contributed by atoms with Crippen LogP contribution in [0.1, 0.15) is 76.8 Å². The summed E-state index contributed by atoms with van der Waals surface area (Å²) in [5, 5.41) is 35.7. The van der Waals surface area contributed by atoms with Gasteiger partial charge in [-0.15, -0.1) is 0 Å². The number of likely N-dealkylation sites (tertiary alicyclic amines) is 1. The molecule has 0 radical (unpaired) electrons. The van der Waals surface area contributed by atoms with Gasteiger partial charge in [0.2, 0.25) is 41.4 Å². The number of thiol groups is 1. The molecule has 7 amide bonds. The van der Waals surface area contributed by atoms with Crippen molar-refractivity contribution in [3.63, 3.8) is 0 Å². The van der Waals surface area contributed by atoms with E-state index in [1.807, 2.05) is 0 Å². The molecule has 1 fully saturated rings. The normalized spacial score (nSPS) is 16.6. The van der Waals surface area contributed by atoms with Gasteiger partial charge in [0, 0.05) is 55.3 Å². The molecule has 0 unspecified atom stereocenters. The van der Waals surface area contributed by atoms with E-state index in [-0.39, 0.29) is 50.2 Å². The van der Waals surface area contributed by atoms with Crippen LogP contribution >= 0.6 is 12.6 Å². The Morgan fingerprint density at radius 2 is 1.28 bits per heavy atom. The quantitative estimate of drug-likeness (QED) is 0.0307. The molecule has 0 bridgehead atoms. The van der Waals surface area contributed by atoms with Gasteiger partial charge in [0.1, 0.15) is 48.0 Å². The first-order valence-electron chi connectivity index (χ1n) is 23.0. The summed E-state index contributed by atoms with van der Waals surface area (Å²) >= 11 is 4.32. The number of aliphatic carboxylic acids is 1. The van der Waals surface area contributed by atoms with E-state index in [4.69, 9.17) is 11.5 Å².